The van der Waals surface area contributed by atoms with Gasteiger partial charge in [-0.25, -0.2) is 9.69 Å². The zero-order valence-corrected chi connectivity index (χ0v) is 12.2. The number of esters is 1. The van der Waals surface area contributed by atoms with Gasteiger partial charge >= 0.3 is 5.97 Å². The number of hydrogen-bond donors (Lipinski definition) is 0. The van der Waals surface area contributed by atoms with Crippen LogP contribution >= 0.6 is 11.3 Å². The lowest BCUT2D eigenvalue weighted by Gasteiger charge is -2.12. The van der Waals surface area contributed by atoms with Gasteiger partial charge in [0.2, 0.25) is 0 Å². The van der Waals surface area contributed by atoms with Crippen LogP contribution in [0.2, 0.25) is 0 Å². The Kier molecular flexibility index (Phi) is 3.84. The lowest BCUT2D eigenvalue weighted by molar-refractivity contribution is -0.140. The van der Waals surface area contributed by atoms with Crippen LogP contribution in [0, 0.1) is 0 Å². The summed E-state index contributed by atoms with van der Waals surface area (Å²) in [5.41, 5.74) is 1.55. The molecule has 1 aliphatic heterocycles. The van der Waals surface area contributed by atoms with E-state index in [-0.39, 0.29) is 6.73 Å². The van der Waals surface area contributed by atoms with Crippen LogP contribution in [0.4, 0.5) is 0 Å². The molecule has 110 valence electrons. The van der Waals surface area contributed by atoms with E-state index in [4.69, 9.17) is 4.74 Å². The fourth-order valence-electron chi connectivity index (χ4n) is 2.07. The number of fused-ring (bicyclic) bond motifs is 1. The average Bonchev–Trinajstić information content (AvgIpc) is 3.13. The maximum absolute atomic E-state index is 12.1. The molecule has 6 heteroatoms. The average molecular weight is 313 g/mol. The first-order chi connectivity index (χ1) is 10.7. The van der Waals surface area contributed by atoms with Crippen molar-refractivity contribution >= 4 is 35.2 Å². The first-order valence-electron chi connectivity index (χ1n) is 6.49. The van der Waals surface area contributed by atoms with Crippen LogP contribution in [0.15, 0.2) is 47.2 Å². The number of thiophene rings is 1. The Morgan fingerprint density at radius 3 is 2.41 bits per heavy atom. The number of ether oxygens (including phenoxy) is 1. The summed E-state index contributed by atoms with van der Waals surface area (Å²) in [6, 6.07) is 8.38. The van der Waals surface area contributed by atoms with Crippen molar-refractivity contribution in [1.82, 2.24) is 4.90 Å². The predicted octanol–water partition coefficient (Wildman–Crippen LogP) is 2.56. The molecular formula is C16H11NO4S. The van der Waals surface area contributed by atoms with Gasteiger partial charge in [0.25, 0.3) is 11.8 Å². The lowest BCUT2D eigenvalue weighted by atomic mass is 10.1. The van der Waals surface area contributed by atoms with Gasteiger partial charge in [-0.2, -0.15) is 11.3 Å². The zero-order chi connectivity index (χ0) is 15.5. The van der Waals surface area contributed by atoms with E-state index in [1.165, 1.54) is 17.4 Å². The molecule has 0 fully saturated rings. The van der Waals surface area contributed by atoms with E-state index in [0.717, 1.165) is 10.5 Å². The minimum Gasteiger partial charge on any atom is -0.441 e. The smallest absolute Gasteiger partial charge is 0.332 e. The summed E-state index contributed by atoms with van der Waals surface area (Å²) in [5, 5.41) is 3.78. The van der Waals surface area contributed by atoms with Crippen LogP contribution in [-0.4, -0.2) is 29.4 Å². The highest BCUT2D eigenvalue weighted by Crippen LogP contribution is 2.22. The third-order valence-electron chi connectivity index (χ3n) is 3.17. The number of carbonyl (C=O) groups excluding carboxylic acids is 3. The summed E-state index contributed by atoms with van der Waals surface area (Å²) in [6.07, 6.45) is 2.88. The van der Waals surface area contributed by atoms with Crippen LogP contribution in [0.1, 0.15) is 26.3 Å². The highest BCUT2D eigenvalue weighted by Gasteiger charge is 2.35. The van der Waals surface area contributed by atoms with Crippen molar-refractivity contribution in [2.24, 2.45) is 0 Å². The fraction of sp³-hybridized carbons (Fsp3) is 0.0625. The third-order valence-corrected chi connectivity index (χ3v) is 3.87. The molecular weight excluding hydrogens is 302 g/mol. The molecule has 1 aromatic carbocycles. The molecule has 1 aliphatic rings. The van der Waals surface area contributed by atoms with Gasteiger partial charge in [0.1, 0.15) is 0 Å². The first-order valence-corrected chi connectivity index (χ1v) is 7.43. The largest absolute Gasteiger partial charge is 0.441 e. The quantitative estimate of drug-likeness (QED) is 0.494. The minimum absolute atomic E-state index is 0.331. The molecule has 0 spiro atoms. The summed E-state index contributed by atoms with van der Waals surface area (Å²) >= 11 is 1.52. The molecule has 1 aromatic heterocycles. The maximum Gasteiger partial charge on any atom is 0.332 e. The van der Waals surface area contributed by atoms with E-state index in [9.17, 15) is 14.4 Å². The summed E-state index contributed by atoms with van der Waals surface area (Å²) in [7, 11) is 0. The van der Waals surface area contributed by atoms with E-state index in [2.05, 4.69) is 0 Å². The van der Waals surface area contributed by atoms with Gasteiger partial charge in [-0.3, -0.25) is 9.59 Å². The number of amides is 2. The Morgan fingerprint density at radius 2 is 1.82 bits per heavy atom. The van der Waals surface area contributed by atoms with Gasteiger partial charge < -0.3 is 4.74 Å². The Balaban J connectivity index is 1.62. The van der Waals surface area contributed by atoms with E-state index in [0.29, 0.717) is 11.1 Å². The van der Waals surface area contributed by atoms with E-state index < -0.39 is 17.8 Å². The van der Waals surface area contributed by atoms with Gasteiger partial charge in [0.15, 0.2) is 6.73 Å². The summed E-state index contributed by atoms with van der Waals surface area (Å²) in [4.78, 5) is 36.7. The summed E-state index contributed by atoms with van der Waals surface area (Å²) in [6.45, 7) is -0.390. The van der Waals surface area contributed by atoms with Gasteiger partial charge in [0, 0.05) is 6.08 Å². The van der Waals surface area contributed by atoms with Crippen molar-refractivity contribution < 1.29 is 19.1 Å². The van der Waals surface area contributed by atoms with Gasteiger partial charge in [0.05, 0.1) is 11.1 Å². The molecule has 0 radical (unpaired) electrons. The molecule has 2 aromatic rings. The second-order valence-electron chi connectivity index (χ2n) is 4.57. The second-order valence-corrected chi connectivity index (χ2v) is 5.35. The van der Waals surface area contributed by atoms with Crippen molar-refractivity contribution in [3.05, 3.63) is 63.9 Å². The molecule has 0 aliphatic carbocycles. The summed E-state index contributed by atoms with van der Waals surface area (Å²) in [5.74, 6) is -1.51. The third kappa shape index (κ3) is 2.68. The Hall–Kier alpha value is -2.73. The zero-order valence-electron chi connectivity index (χ0n) is 11.4. The monoisotopic (exact) mass is 313 g/mol. The maximum atomic E-state index is 12.1. The van der Waals surface area contributed by atoms with Crippen molar-refractivity contribution in [3.8, 4) is 0 Å². The first kappa shape index (κ1) is 14.2. The number of rotatable bonds is 4. The molecule has 5 nitrogen and oxygen atoms in total. The van der Waals surface area contributed by atoms with Crippen molar-refractivity contribution in [3.63, 3.8) is 0 Å². The number of nitrogens with zero attached hydrogens (tertiary/aromatic N) is 1. The fourth-order valence-corrected chi connectivity index (χ4v) is 2.70. The number of imide groups is 1. The van der Waals surface area contributed by atoms with E-state index in [1.807, 2.05) is 16.8 Å². The number of benzene rings is 1. The predicted molar refractivity (Wildman–Crippen MR) is 81.3 cm³/mol. The molecule has 3 rings (SSSR count). The molecule has 0 saturated heterocycles. The van der Waals surface area contributed by atoms with Crippen LogP contribution < -0.4 is 0 Å². The van der Waals surface area contributed by atoms with E-state index >= 15 is 0 Å². The van der Waals surface area contributed by atoms with Crippen LogP contribution in [0.25, 0.3) is 6.08 Å². The highest BCUT2D eigenvalue weighted by atomic mass is 32.1. The van der Waals surface area contributed by atoms with Crippen molar-refractivity contribution in [1.29, 1.82) is 0 Å². The number of hydrogen-bond acceptors (Lipinski definition) is 5. The van der Waals surface area contributed by atoms with Crippen molar-refractivity contribution in [2.75, 3.05) is 6.73 Å². The molecule has 2 amide bonds. The van der Waals surface area contributed by atoms with Gasteiger partial charge in [-0.05, 0) is 40.6 Å². The molecule has 2 heterocycles. The molecule has 22 heavy (non-hydrogen) atoms. The standard InChI is InChI=1S/C16H11NO4S/c18-14(6-5-11-7-8-22-9-11)21-10-17-15(19)12-3-1-2-4-13(12)16(17)20/h1-9H,10H2/b6-5+. The molecule has 0 bridgehead atoms. The second kappa shape index (κ2) is 5.95. The SMILES string of the molecule is O=C(/C=C/c1ccsc1)OCN1C(=O)c2ccccc2C1=O. The lowest BCUT2D eigenvalue weighted by Crippen LogP contribution is -2.32. The van der Waals surface area contributed by atoms with Crippen molar-refractivity contribution in [2.45, 2.75) is 0 Å². The number of carbonyl (C=O) groups is 3. The summed E-state index contributed by atoms with van der Waals surface area (Å²) < 4.78 is 4.96. The topological polar surface area (TPSA) is 63.7 Å². The van der Waals surface area contributed by atoms with Crippen LogP contribution in [0.5, 0.6) is 0 Å². The minimum atomic E-state index is -0.609. The molecule has 0 saturated carbocycles. The Morgan fingerprint density at radius 1 is 1.14 bits per heavy atom. The van der Waals surface area contributed by atoms with Crippen LogP contribution in [0.3, 0.4) is 0 Å². The molecule has 0 atom stereocenters. The van der Waals surface area contributed by atoms with Gasteiger partial charge in [-0.1, -0.05) is 12.1 Å². The Labute approximate surface area is 130 Å². The molecule has 0 unspecified atom stereocenters. The van der Waals surface area contributed by atoms with Crippen LogP contribution in [-0.2, 0) is 9.53 Å². The molecule has 0 N–H and O–H groups in total. The van der Waals surface area contributed by atoms with Gasteiger partial charge in [-0.15, -0.1) is 0 Å². The van der Waals surface area contributed by atoms with E-state index in [1.54, 1.807) is 30.3 Å². The highest BCUT2D eigenvalue weighted by molar-refractivity contribution is 7.08. The Bertz CT molecular complexity index is 729. The normalized spacial score (nSPS) is 13.7.